The first-order valence-corrected chi connectivity index (χ1v) is 12.9. The van der Waals surface area contributed by atoms with Gasteiger partial charge < -0.3 is 25.2 Å². The Morgan fingerprint density at radius 2 is 1.54 bits per heavy atom. The highest BCUT2D eigenvalue weighted by Crippen LogP contribution is 2.47. The van der Waals surface area contributed by atoms with Crippen LogP contribution in [0.1, 0.15) is 58.4 Å². The molecular weight excluding hydrogens is 499 g/mol. The molecule has 2 bridgehead atoms. The third-order valence-electron chi connectivity index (χ3n) is 7.47. The second-order valence-electron chi connectivity index (χ2n) is 11.2. The van der Waals surface area contributed by atoms with E-state index < -0.39 is 28.9 Å². The molecule has 0 unspecified atom stereocenters. The third-order valence-corrected chi connectivity index (χ3v) is 7.77. The number of hydrogen-bond donors (Lipinski definition) is 3. The normalized spacial score (nSPS) is 24.9. The summed E-state index contributed by atoms with van der Waals surface area (Å²) < 4.78 is 24.6. The Balaban J connectivity index is 1.26. The first kappa shape index (κ1) is 27.2. The van der Waals surface area contributed by atoms with E-state index in [-0.39, 0.29) is 35.3 Å². The predicted molar refractivity (Wildman–Crippen MR) is 138 cm³/mol. The molecule has 3 aliphatic carbocycles. The van der Waals surface area contributed by atoms with E-state index in [1.807, 2.05) is 24.3 Å². The highest BCUT2D eigenvalue weighted by atomic mass is 35.5. The average molecular weight is 533 g/mol. The number of ether oxygens (including phenoxy) is 2. The van der Waals surface area contributed by atoms with Gasteiger partial charge in [-0.15, -0.1) is 0 Å². The largest absolute Gasteiger partial charge is 0.484 e. The minimum Gasteiger partial charge on any atom is -0.484 e. The van der Waals surface area contributed by atoms with Crippen molar-refractivity contribution in [2.45, 2.75) is 75.5 Å². The summed E-state index contributed by atoms with van der Waals surface area (Å²) in [6.07, 6.45) is 1.80. The van der Waals surface area contributed by atoms with Crippen LogP contribution < -0.4 is 20.1 Å². The van der Waals surface area contributed by atoms with E-state index in [0.717, 1.165) is 6.07 Å². The monoisotopic (exact) mass is 532 g/mol. The Hall–Kier alpha value is -2.84. The van der Waals surface area contributed by atoms with Crippen molar-refractivity contribution in [3.63, 3.8) is 0 Å². The van der Waals surface area contributed by atoms with Crippen LogP contribution in [0.15, 0.2) is 42.5 Å². The molecule has 200 valence electrons. The van der Waals surface area contributed by atoms with E-state index in [0.29, 0.717) is 37.9 Å². The molecule has 3 N–H and O–H groups in total. The maximum absolute atomic E-state index is 13.6. The van der Waals surface area contributed by atoms with Crippen molar-refractivity contribution < 1.29 is 28.6 Å². The fourth-order valence-corrected chi connectivity index (χ4v) is 5.34. The number of rotatable bonds is 8. The van der Waals surface area contributed by atoms with Gasteiger partial charge in [0.1, 0.15) is 17.3 Å². The van der Waals surface area contributed by atoms with Crippen molar-refractivity contribution in [1.82, 2.24) is 10.6 Å². The van der Waals surface area contributed by atoms with Gasteiger partial charge in [0, 0.05) is 11.6 Å². The van der Waals surface area contributed by atoms with Crippen LogP contribution in [0.2, 0.25) is 5.02 Å². The number of carbonyl (C=O) groups is 2. The molecule has 37 heavy (non-hydrogen) atoms. The first-order valence-electron chi connectivity index (χ1n) is 12.5. The molecule has 0 spiro atoms. The van der Waals surface area contributed by atoms with Gasteiger partial charge in [-0.05, 0) is 67.3 Å². The SMILES string of the molecule is CC(C)(C)c1ccc(OCC(=O)NC23CCC(NC(=O)COc4ccc(Cl)c(F)c4)(CC2)[C@H](O)C3)cc1. The molecule has 2 aromatic carbocycles. The van der Waals surface area contributed by atoms with Gasteiger partial charge in [-0.3, -0.25) is 9.59 Å². The van der Waals surface area contributed by atoms with Gasteiger partial charge in [0.25, 0.3) is 11.8 Å². The number of halogens is 2. The Morgan fingerprint density at radius 3 is 2.11 bits per heavy atom. The summed E-state index contributed by atoms with van der Waals surface area (Å²) in [4.78, 5) is 25.2. The lowest BCUT2D eigenvalue weighted by atomic mass is 9.60. The summed E-state index contributed by atoms with van der Waals surface area (Å²) in [6.45, 7) is 5.98. The van der Waals surface area contributed by atoms with Gasteiger partial charge in [0.2, 0.25) is 0 Å². The van der Waals surface area contributed by atoms with Gasteiger partial charge >= 0.3 is 0 Å². The van der Waals surface area contributed by atoms with E-state index in [9.17, 15) is 19.1 Å². The van der Waals surface area contributed by atoms with E-state index in [2.05, 4.69) is 31.4 Å². The van der Waals surface area contributed by atoms with E-state index >= 15 is 0 Å². The van der Waals surface area contributed by atoms with Crippen molar-refractivity contribution in [2.24, 2.45) is 0 Å². The van der Waals surface area contributed by atoms with Crippen LogP contribution in [-0.2, 0) is 15.0 Å². The Bertz CT molecular complexity index is 1140. The zero-order valence-electron chi connectivity index (χ0n) is 21.4. The van der Waals surface area contributed by atoms with Gasteiger partial charge in [-0.2, -0.15) is 0 Å². The van der Waals surface area contributed by atoms with Crippen LogP contribution in [0.25, 0.3) is 0 Å². The summed E-state index contributed by atoms with van der Waals surface area (Å²) in [5, 5.41) is 16.9. The van der Waals surface area contributed by atoms with Crippen LogP contribution in [0.4, 0.5) is 4.39 Å². The summed E-state index contributed by atoms with van der Waals surface area (Å²) in [6, 6.07) is 11.7. The standard InChI is InChI=1S/C28H34ClFN2O5/c1-26(2,3)18-4-6-19(7-5-18)36-16-24(34)31-27-10-12-28(13-11-27,23(33)15-27)32-25(35)17-37-20-8-9-21(29)22(30)14-20/h4-9,14,23,33H,10-13,15-17H2,1-3H3,(H,31,34)(H,32,35)/t23-,27?,28?/m1/s1. The molecule has 0 saturated heterocycles. The molecule has 0 aliphatic heterocycles. The Morgan fingerprint density at radius 1 is 0.973 bits per heavy atom. The first-order chi connectivity index (χ1) is 17.4. The number of aliphatic hydroxyl groups is 1. The molecule has 3 aliphatic rings. The van der Waals surface area contributed by atoms with Crippen molar-refractivity contribution >= 4 is 23.4 Å². The zero-order valence-corrected chi connectivity index (χ0v) is 22.2. The summed E-state index contributed by atoms with van der Waals surface area (Å²) >= 11 is 5.67. The van der Waals surface area contributed by atoms with Crippen LogP contribution in [0.5, 0.6) is 11.5 Å². The van der Waals surface area contributed by atoms with Crippen molar-refractivity contribution in [3.8, 4) is 11.5 Å². The number of fused-ring (bicyclic) bond motifs is 3. The lowest BCUT2D eigenvalue weighted by Gasteiger charge is -2.56. The van der Waals surface area contributed by atoms with Crippen molar-refractivity contribution in [2.75, 3.05) is 13.2 Å². The van der Waals surface area contributed by atoms with Gasteiger partial charge in [-0.25, -0.2) is 4.39 Å². The highest BCUT2D eigenvalue weighted by molar-refractivity contribution is 6.30. The Kier molecular flexibility index (Phi) is 7.72. The molecule has 1 atom stereocenters. The molecule has 3 fully saturated rings. The van der Waals surface area contributed by atoms with Crippen LogP contribution >= 0.6 is 11.6 Å². The van der Waals surface area contributed by atoms with E-state index in [1.165, 1.54) is 17.7 Å². The molecule has 9 heteroatoms. The minimum absolute atomic E-state index is 0.0277. The maximum Gasteiger partial charge on any atom is 0.258 e. The number of benzene rings is 2. The van der Waals surface area contributed by atoms with Crippen molar-refractivity contribution in [1.29, 1.82) is 0 Å². The second-order valence-corrected chi connectivity index (χ2v) is 11.6. The third kappa shape index (κ3) is 6.36. The summed E-state index contributed by atoms with van der Waals surface area (Å²) in [5.41, 5.74) is -0.0820. The number of aliphatic hydroxyl groups excluding tert-OH is 1. The van der Waals surface area contributed by atoms with Crippen LogP contribution in [0.3, 0.4) is 0 Å². The molecule has 2 amide bonds. The zero-order chi connectivity index (χ0) is 26.8. The maximum atomic E-state index is 13.6. The van der Waals surface area contributed by atoms with Gasteiger partial charge in [0.15, 0.2) is 13.2 Å². The molecule has 0 aromatic heterocycles. The Labute approximate surface area is 221 Å². The fourth-order valence-electron chi connectivity index (χ4n) is 5.22. The average Bonchev–Trinajstić information content (AvgIpc) is 2.84. The predicted octanol–water partition coefficient (Wildman–Crippen LogP) is 4.28. The van der Waals surface area contributed by atoms with Gasteiger partial charge in [0.05, 0.1) is 16.7 Å². The summed E-state index contributed by atoms with van der Waals surface area (Å²) in [7, 11) is 0. The smallest absolute Gasteiger partial charge is 0.258 e. The molecular formula is C28H34ClFN2O5. The number of carbonyl (C=O) groups excluding carboxylic acids is 2. The molecule has 0 heterocycles. The molecule has 7 nitrogen and oxygen atoms in total. The lowest BCUT2D eigenvalue weighted by Crippen LogP contribution is -2.70. The quantitative estimate of drug-likeness (QED) is 0.471. The minimum atomic E-state index is -0.821. The molecule has 2 aromatic rings. The second kappa shape index (κ2) is 10.5. The number of amides is 2. The molecule has 3 saturated carbocycles. The molecule has 5 rings (SSSR count). The van der Waals surface area contributed by atoms with Crippen LogP contribution in [0, 0.1) is 5.82 Å². The van der Waals surface area contributed by atoms with Crippen molar-refractivity contribution in [3.05, 3.63) is 58.9 Å². The fraction of sp³-hybridized carbons (Fsp3) is 0.500. The van der Waals surface area contributed by atoms with Gasteiger partial charge in [-0.1, -0.05) is 44.5 Å². The number of hydrogen-bond acceptors (Lipinski definition) is 5. The van der Waals surface area contributed by atoms with Crippen LogP contribution in [-0.4, -0.2) is 47.3 Å². The lowest BCUT2D eigenvalue weighted by molar-refractivity contribution is -0.137. The molecule has 0 radical (unpaired) electrons. The summed E-state index contributed by atoms with van der Waals surface area (Å²) in [5.74, 6) is -0.460. The highest BCUT2D eigenvalue weighted by Gasteiger charge is 2.55. The topological polar surface area (TPSA) is 96.9 Å². The number of nitrogens with one attached hydrogen (secondary N) is 2. The van der Waals surface area contributed by atoms with E-state index in [1.54, 1.807) is 0 Å². The van der Waals surface area contributed by atoms with E-state index in [4.69, 9.17) is 21.1 Å².